The molecule has 0 heterocycles. The number of carboxylic acids is 1. The van der Waals surface area contributed by atoms with Crippen LogP contribution in [-0.4, -0.2) is 34.9 Å². The molecule has 0 aromatic rings. The SMILES string of the molecule is C=C(C)C(=O)OCC1CCC(C2(C(=O)O)CC=CCC2)C(O)C1. The van der Waals surface area contributed by atoms with Crippen LogP contribution in [-0.2, 0) is 14.3 Å². The first-order chi connectivity index (χ1) is 10.9. The van der Waals surface area contributed by atoms with E-state index in [1.54, 1.807) is 6.92 Å². The summed E-state index contributed by atoms with van der Waals surface area (Å²) in [6, 6.07) is 0. The van der Waals surface area contributed by atoms with Crippen LogP contribution in [0.2, 0.25) is 0 Å². The van der Waals surface area contributed by atoms with Crippen LogP contribution in [0.15, 0.2) is 24.3 Å². The van der Waals surface area contributed by atoms with Crippen LogP contribution in [0, 0.1) is 17.3 Å². The maximum atomic E-state index is 11.9. The number of carboxylic acid groups (broad SMARTS) is 1. The van der Waals surface area contributed by atoms with Crippen molar-refractivity contribution in [3.63, 3.8) is 0 Å². The topological polar surface area (TPSA) is 83.8 Å². The molecule has 23 heavy (non-hydrogen) atoms. The summed E-state index contributed by atoms with van der Waals surface area (Å²) in [5.41, 5.74) is -0.494. The number of rotatable bonds is 5. The molecule has 5 nitrogen and oxygen atoms in total. The summed E-state index contributed by atoms with van der Waals surface area (Å²) in [7, 11) is 0. The fourth-order valence-corrected chi connectivity index (χ4v) is 3.89. The van der Waals surface area contributed by atoms with E-state index < -0.39 is 23.5 Å². The number of esters is 1. The van der Waals surface area contributed by atoms with Gasteiger partial charge in [-0.2, -0.15) is 0 Å². The van der Waals surface area contributed by atoms with Gasteiger partial charge in [0.1, 0.15) is 0 Å². The Kier molecular flexibility index (Phi) is 5.63. The highest BCUT2D eigenvalue weighted by atomic mass is 16.5. The molecule has 0 aromatic carbocycles. The lowest BCUT2D eigenvalue weighted by Crippen LogP contribution is -2.47. The first-order valence-electron chi connectivity index (χ1n) is 8.26. The first-order valence-corrected chi connectivity index (χ1v) is 8.26. The average Bonchev–Trinajstić information content (AvgIpc) is 2.53. The van der Waals surface area contributed by atoms with Crippen LogP contribution in [0.1, 0.15) is 45.4 Å². The third-order valence-electron chi connectivity index (χ3n) is 5.27. The van der Waals surface area contributed by atoms with Crippen molar-refractivity contribution in [2.45, 2.75) is 51.6 Å². The second-order valence-electron chi connectivity index (χ2n) is 6.91. The van der Waals surface area contributed by atoms with Gasteiger partial charge >= 0.3 is 11.9 Å². The summed E-state index contributed by atoms with van der Waals surface area (Å²) in [6.45, 7) is 5.40. The lowest BCUT2D eigenvalue weighted by atomic mass is 9.61. The summed E-state index contributed by atoms with van der Waals surface area (Å²) in [5.74, 6) is -1.38. The lowest BCUT2D eigenvalue weighted by Gasteiger charge is -2.44. The molecule has 0 spiro atoms. The Hall–Kier alpha value is -1.62. The second-order valence-corrected chi connectivity index (χ2v) is 6.91. The molecule has 0 aliphatic heterocycles. The number of aliphatic hydroxyl groups excluding tert-OH is 1. The van der Waals surface area contributed by atoms with Crippen molar-refractivity contribution in [1.29, 1.82) is 0 Å². The summed E-state index contributed by atoms with van der Waals surface area (Å²) in [4.78, 5) is 23.3. The van der Waals surface area contributed by atoms with E-state index >= 15 is 0 Å². The Balaban J connectivity index is 1.98. The highest BCUT2D eigenvalue weighted by Crippen LogP contribution is 2.48. The second kappa shape index (κ2) is 7.30. The maximum absolute atomic E-state index is 11.9. The van der Waals surface area contributed by atoms with Crippen LogP contribution < -0.4 is 0 Å². The summed E-state index contributed by atoms with van der Waals surface area (Å²) < 4.78 is 5.17. The quantitative estimate of drug-likeness (QED) is 0.462. The van der Waals surface area contributed by atoms with Gasteiger partial charge in [0, 0.05) is 11.5 Å². The first kappa shape index (κ1) is 17.7. The van der Waals surface area contributed by atoms with E-state index in [-0.39, 0.29) is 18.4 Å². The molecule has 1 saturated carbocycles. The van der Waals surface area contributed by atoms with Gasteiger partial charge < -0.3 is 14.9 Å². The molecule has 128 valence electrons. The molecule has 2 N–H and O–H groups in total. The molecule has 5 heteroatoms. The number of allylic oxidation sites excluding steroid dienone is 2. The number of aliphatic hydroxyl groups is 1. The van der Waals surface area contributed by atoms with Gasteiger partial charge in [0.2, 0.25) is 0 Å². The predicted molar refractivity (Wildman–Crippen MR) is 85.7 cm³/mol. The minimum absolute atomic E-state index is 0.0783. The molecule has 0 amide bonds. The molecule has 0 saturated heterocycles. The third-order valence-corrected chi connectivity index (χ3v) is 5.27. The molecule has 4 atom stereocenters. The molecule has 1 fully saturated rings. The Morgan fingerprint density at radius 1 is 1.35 bits per heavy atom. The zero-order valence-electron chi connectivity index (χ0n) is 13.7. The Labute approximate surface area is 137 Å². The molecule has 2 aliphatic rings. The Bertz CT molecular complexity index is 510. The van der Waals surface area contributed by atoms with E-state index in [9.17, 15) is 19.8 Å². The van der Waals surface area contributed by atoms with Crippen molar-refractivity contribution in [2.75, 3.05) is 6.61 Å². The van der Waals surface area contributed by atoms with Crippen LogP contribution >= 0.6 is 0 Å². The summed E-state index contributed by atoms with van der Waals surface area (Å²) >= 11 is 0. The normalized spacial score (nSPS) is 33.9. The van der Waals surface area contributed by atoms with Crippen molar-refractivity contribution >= 4 is 11.9 Å². The van der Waals surface area contributed by atoms with Gasteiger partial charge in [-0.1, -0.05) is 18.7 Å². The largest absolute Gasteiger partial charge is 0.481 e. The third kappa shape index (κ3) is 3.83. The number of ether oxygens (including phenoxy) is 1. The number of carbonyl (C=O) groups is 2. The van der Waals surface area contributed by atoms with E-state index in [0.717, 1.165) is 12.8 Å². The van der Waals surface area contributed by atoms with E-state index in [1.807, 2.05) is 12.2 Å². The fraction of sp³-hybridized carbons (Fsp3) is 0.667. The van der Waals surface area contributed by atoms with Gasteiger partial charge in [0.25, 0.3) is 0 Å². The number of carbonyl (C=O) groups excluding carboxylic acids is 1. The van der Waals surface area contributed by atoms with E-state index in [0.29, 0.717) is 31.3 Å². The molecule has 0 bridgehead atoms. The Morgan fingerprint density at radius 3 is 2.61 bits per heavy atom. The zero-order chi connectivity index (χ0) is 17.0. The van der Waals surface area contributed by atoms with Crippen LogP contribution in [0.3, 0.4) is 0 Å². The molecular formula is C18H26O5. The molecular weight excluding hydrogens is 296 g/mol. The smallest absolute Gasteiger partial charge is 0.333 e. The van der Waals surface area contributed by atoms with Gasteiger partial charge in [-0.3, -0.25) is 4.79 Å². The lowest BCUT2D eigenvalue weighted by molar-refractivity contribution is -0.160. The fourth-order valence-electron chi connectivity index (χ4n) is 3.89. The van der Waals surface area contributed by atoms with E-state index in [1.165, 1.54) is 0 Å². The van der Waals surface area contributed by atoms with Crippen molar-refractivity contribution in [1.82, 2.24) is 0 Å². The van der Waals surface area contributed by atoms with Gasteiger partial charge in [-0.25, -0.2) is 4.79 Å². The molecule has 2 rings (SSSR count). The molecule has 0 radical (unpaired) electrons. The zero-order valence-corrected chi connectivity index (χ0v) is 13.7. The van der Waals surface area contributed by atoms with Crippen molar-refractivity contribution in [3.05, 3.63) is 24.3 Å². The van der Waals surface area contributed by atoms with Crippen LogP contribution in [0.4, 0.5) is 0 Å². The van der Waals surface area contributed by atoms with Crippen molar-refractivity contribution in [2.24, 2.45) is 17.3 Å². The van der Waals surface area contributed by atoms with Gasteiger partial charge in [-0.15, -0.1) is 0 Å². The Morgan fingerprint density at radius 2 is 2.09 bits per heavy atom. The van der Waals surface area contributed by atoms with E-state index in [4.69, 9.17) is 4.74 Å². The molecule has 4 unspecified atom stereocenters. The number of aliphatic carboxylic acids is 1. The van der Waals surface area contributed by atoms with Gasteiger partial charge in [0.15, 0.2) is 0 Å². The highest BCUT2D eigenvalue weighted by molar-refractivity contribution is 5.86. The summed E-state index contributed by atoms with van der Waals surface area (Å²) in [5, 5.41) is 20.3. The number of hydrogen-bond donors (Lipinski definition) is 2. The average molecular weight is 322 g/mol. The van der Waals surface area contributed by atoms with Gasteiger partial charge in [-0.05, 0) is 51.4 Å². The summed E-state index contributed by atoms with van der Waals surface area (Å²) in [6.07, 6.45) is 6.97. The van der Waals surface area contributed by atoms with Crippen LogP contribution in [0.25, 0.3) is 0 Å². The van der Waals surface area contributed by atoms with Gasteiger partial charge in [0.05, 0.1) is 18.1 Å². The maximum Gasteiger partial charge on any atom is 0.333 e. The van der Waals surface area contributed by atoms with Crippen molar-refractivity contribution in [3.8, 4) is 0 Å². The minimum Gasteiger partial charge on any atom is -0.481 e. The number of hydrogen-bond acceptors (Lipinski definition) is 4. The highest BCUT2D eigenvalue weighted by Gasteiger charge is 2.49. The molecule has 2 aliphatic carbocycles. The van der Waals surface area contributed by atoms with E-state index in [2.05, 4.69) is 6.58 Å². The van der Waals surface area contributed by atoms with Crippen molar-refractivity contribution < 1.29 is 24.5 Å². The predicted octanol–water partition coefficient (Wildman–Crippen LogP) is 2.69. The minimum atomic E-state index is -0.854. The molecule has 0 aromatic heterocycles. The van der Waals surface area contributed by atoms with Crippen LogP contribution in [0.5, 0.6) is 0 Å². The standard InChI is InChI=1S/C18H26O5/c1-12(2)16(20)23-11-13-6-7-14(15(19)10-13)18(17(21)22)8-4-3-5-9-18/h3-4,13-15,19H,1,5-11H2,2H3,(H,21,22). The monoisotopic (exact) mass is 322 g/mol.